The highest BCUT2D eigenvalue weighted by atomic mass is 19.4. The first kappa shape index (κ1) is 15.0. The molecule has 0 saturated carbocycles. The third-order valence-electron chi connectivity index (χ3n) is 0.655. The maximum Gasteiger partial charge on any atom is 0.490 e. The maximum atomic E-state index is 10.6. The highest BCUT2D eigenvalue weighted by Crippen LogP contribution is 2.13. The highest BCUT2D eigenvalue weighted by molar-refractivity contribution is 5.73. The van der Waals surface area contributed by atoms with Crippen molar-refractivity contribution < 1.29 is 33.0 Å². The minimum Gasteiger partial charge on any atom is -0.475 e. The number of carboxylic acid groups (broad SMARTS) is 2. The summed E-state index contributed by atoms with van der Waals surface area (Å²) in [4.78, 5) is 18.6. The Morgan fingerprint density at radius 1 is 1.21 bits per heavy atom. The van der Waals surface area contributed by atoms with Gasteiger partial charge in [-0.05, 0) is 13.8 Å². The lowest BCUT2D eigenvalue weighted by Gasteiger charge is -2.00. The van der Waals surface area contributed by atoms with E-state index in [1.165, 1.54) is 0 Å². The van der Waals surface area contributed by atoms with Gasteiger partial charge in [0.25, 0.3) is 0 Å². The van der Waals surface area contributed by atoms with Crippen LogP contribution in [0.1, 0.15) is 13.8 Å². The van der Waals surface area contributed by atoms with Crippen molar-refractivity contribution in [3.8, 4) is 0 Å². The first-order valence-electron chi connectivity index (χ1n) is 3.37. The van der Waals surface area contributed by atoms with Gasteiger partial charge in [-0.25, -0.2) is 9.59 Å². The number of halogens is 3. The van der Waals surface area contributed by atoms with Crippen LogP contribution in [0.5, 0.6) is 0 Å². The fourth-order valence-electron chi connectivity index (χ4n) is 0.247. The van der Waals surface area contributed by atoms with E-state index in [0.29, 0.717) is 0 Å². The minimum absolute atomic E-state index is 0.0255. The van der Waals surface area contributed by atoms with E-state index in [0.717, 1.165) is 0 Å². The summed E-state index contributed by atoms with van der Waals surface area (Å²) in [6.07, 6.45) is -6.05. The third-order valence-corrected chi connectivity index (χ3v) is 0.655. The maximum absolute atomic E-state index is 10.6. The second kappa shape index (κ2) is 6.06. The summed E-state index contributed by atoms with van der Waals surface area (Å²) >= 11 is 0. The average molecular weight is 217 g/mol. The Bertz CT molecular complexity index is 202. The molecule has 0 radical (unpaired) electrons. The normalized spacial score (nSPS) is 10.1. The number of carboxylic acids is 1. The van der Waals surface area contributed by atoms with Gasteiger partial charge >= 0.3 is 18.2 Å². The van der Waals surface area contributed by atoms with Gasteiger partial charge in [0.2, 0.25) is 0 Å². The zero-order valence-corrected chi connectivity index (χ0v) is 7.42. The summed E-state index contributed by atoms with van der Waals surface area (Å²) in [5.41, 5.74) is 0. The van der Waals surface area contributed by atoms with Crippen LogP contribution in [0.25, 0.3) is 0 Å². The first-order chi connectivity index (χ1) is 6.07. The minimum atomic E-state index is -5.08. The van der Waals surface area contributed by atoms with Gasteiger partial charge in [0.15, 0.2) is 0 Å². The predicted molar refractivity (Wildman–Crippen MR) is 40.0 cm³/mol. The molecule has 0 heterocycles. The van der Waals surface area contributed by atoms with E-state index in [-0.39, 0.29) is 6.04 Å². The van der Waals surface area contributed by atoms with Crippen molar-refractivity contribution in [1.29, 1.82) is 0 Å². The molecular weight excluding hydrogens is 207 g/mol. The molecule has 0 aromatic heterocycles. The standard InChI is InChI=1S/C4H9NO2.C2HF3O2/c1-3(2)5-4(6)7;3-2(4,5)1(6)7/h3,5H,1-2H3,(H,6,7);(H,6,7). The molecule has 0 fully saturated rings. The van der Waals surface area contributed by atoms with Gasteiger partial charge in [-0.2, -0.15) is 13.2 Å². The molecule has 0 aromatic carbocycles. The summed E-state index contributed by atoms with van der Waals surface area (Å²) in [5.74, 6) is -2.76. The van der Waals surface area contributed by atoms with Gasteiger partial charge in [-0.3, -0.25) is 0 Å². The van der Waals surface area contributed by atoms with Crippen LogP contribution in [-0.4, -0.2) is 34.5 Å². The molecule has 0 bridgehead atoms. The molecule has 1 amide bonds. The van der Waals surface area contributed by atoms with Crippen molar-refractivity contribution in [2.24, 2.45) is 0 Å². The molecule has 0 aliphatic heterocycles. The van der Waals surface area contributed by atoms with E-state index in [1.807, 2.05) is 0 Å². The first-order valence-corrected chi connectivity index (χ1v) is 3.37. The van der Waals surface area contributed by atoms with Crippen molar-refractivity contribution >= 4 is 12.1 Å². The monoisotopic (exact) mass is 217 g/mol. The average Bonchev–Trinajstić information content (AvgIpc) is 1.81. The van der Waals surface area contributed by atoms with E-state index < -0.39 is 18.2 Å². The second-order valence-corrected chi connectivity index (χ2v) is 2.41. The SMILES string of the molecule is CC(C)NC(=O)O.O=C(O)C(F)(F)F. The van der Waals surface area contributed by atoms with Crippen LogP contribution >= 0.6 is 0 Å². The Balaban J connectivity index is 0. The fourth-order valence-corrected chi connectivity index (χ4v) is 0.247. The molecule has 14 heavy (non-hydrogen) atoms. The van der Waals surface area contributed by atoms with E-state index >= 15 is 0 Å². The lowest BCUT2D eigenvalue weighted by atomic mass is 10.4. The summed E-state index contributed by atoms with van der Waals surface area (Å²) in [5, 5.41) is 17.3. The summed E-state index contributed by atoms with van der Waals surface area (Å²) in [6, 6.07) is 0.0255. The fraction of sp³-hybridized carbons (Fsp3) is 0.667. The van der Waals surface area contributed by atoms with E-state index in [9.17, 15) is 18.0 Å². The summed E-state index contributed by atoms with van der Waals surface area (Å²) in [7, 11) is 0. The Morgan fingerprint density at radius 3 is 1.50 bits per heavy atom. The van der Waals surface area contributed by atoms with Gasteiger partial charge in [0.05, 0.1) is 0 Å². The molecule has 0 spiro atoms. The molecule has 3 N–H and O–H groups in total. The molecule has 5 nitrogen and oxygen atoms in total. The Hall–Kier alpha value is -1.47. The van der Waals surface area contributed by atoms with Crippen LogP contribution in [0.4, 0.5) is 18.0 Å². The van der Waals surface area contributed by atoms with E-state index in [1.54, 1.807) is 13.8 Å². The van der Waals surface area contributed by atoms with Crippen LogP contribution in [0, 0.1) is 0 Å². The van der Waals surface area contributed by atoms with Gasteiger partial charge < -0.3 is 15.5 Å². The number of rotatable bonds is 1. The number of nitrogens with one attached hydrogen (secondary N) is 1. The second-order valence-electron chi connectivity index (χ2n) is 2.41. The summed E-state index contributed by atoms with van der Waals surface area (Å²) < 4.78 is 31.7. The highest BCUT2D eigenvalue weighted by Gasteiger charge is 2.38. The van der Waals surface area contributed by atoms with Crippen LogP contribution in [0.15, 0.2) is 0 Å². The quantitative estimate of drug-likeness (QED) is 0.617. The molecular formula is C6H10F3NO4. The van der Waals surface area contributed by atoms with Gasteiger partial charge in [0.1, 0.15) is 0 Å². The molecule has 0 rings (SSSR count). The van der Waals surface area contributed by atoms with Crippen molar-refractivity contribution in [3.05, 3.63) is 0 Å². The smallest absolute Gasteiger partial charge is 0.475 e. The predicted octanol–water partition coefficient (Wildman–Crippen LogP) is 1.30. The third kappa shape index (κ3) is 13.1. The largest absolute Gasteiger partial charge is 0.490 e. The Morgan fingerprint density at radius 2 is 1.50 bits per heavy atom. The van der Waals surface area contributed by atoms with Crippen LogP contribution in [0.3, 0.4) is 0 Å². The van der Waals surface area contributed by atoms with Gasteiger partial charge in [0, 0.05) is 6.04 Å². The zero-order chi connectivity index (χ0) is 11.9. The molecule has 84 valence electrons. The molecule has 0 aliphatic rings. The Labute approximate surface area is 77.5 Å². The zero-order valence-electron chi connectivity index (χ0n) is 7.42. The van der Waals surface area contributed by atoms with Gasteiger partial charge in [-0.15, -0.1) is 0 Å². The van der Waals surface area contributed by atoms with E-state index in [4.69, 9.17) is 15.0 Å². The molecule has 0 unspecified atom stereocenters. The number of hydrogen-bond acceptors (Lipinski definition) is 2. The van der Waals surface area contributed by atoms with E-state index in [2.05, 4.69) is 5.32 Å². The lowest BCUT2D eigenvalue weighted by Crippen LogP contribution is -2.27. The van der Waals surface area contributed by atoms with Gasteiger partial charge in [-0.1, -0.05) is 0 Å². The van der Waals surface area contributed by atoms with Crippen molar-refractivity contribution in [3.63, 3.8) is 0 Å². The number of carbonyl (C=O) groups is 2. The number of amides is 1. The molecule has 0 saturated heterocycles. The molecule has 0 aliphatic carbocycles. The number of alkyl halides is 3. The van der Waals surface area contributed by atoms with Crippen LogP contribution in [-0.2, 0) is 4.79 Å². The van der Waals surface area contributed by atoms with Crippen LogP contribution < -0.4 is 5.32 Å². The van der Waals surface area contributed by atoms with Crippen molar-refractivity contribution in [2.45, 2.75) is 26.1 Å². The lowest BCUT2D eigenvalue weighted by molar-refractivity contribution is -0.192. The number of hydrogen-bond donors (Lipinski definition) is 3. The number of aliphatic carboxylic acids is 1. The topological polar surface area (TPSA) is 86.6 Å². The molecule has 0 atom stereocenters. The van der Waals surface area contributed by atoms with Crippen molar-refractivity contribution in [1.82, 2.24) is 5.32 Å². The van der Waals surface area contributed by atoms with Crippen molar-refractivity contribution in [2.75, 3.05) is 0 Å². The molecule has 8 heteroatoms. The van der Waals surface area contributed by atoms with Crippen LogP contribution in [0.2, 0.25) is 0 Å². The molecule has 0 aromatic rings. The summed E-state index contributed by atoms with van der Waals surface area (Å²) in [6.45, 7) is 3.54. The Kier molecular flexibility index (Phi) is 6.50.